The number of nitrogens with one attached hydrogen (secondary N) is 3. The Morgan fingerprint density at radius 2 is 1.72 bits per heavy atom. The van der Waals surface area contributed by atoms with Crippen molar-refractivity contribution in [3.8, 4) is 5.75 Å². The summed E-state index contributed by atoms with van der Waals surface area (Å²) in [5, 5.41) is 4.22. The molecule has 0 saturated carbocycles. The van der Waals surface area contributed by atoms with E-state index in [0.29, 0.717) is 22.2 Å². The average molecular weight is 582 g/mol. The summed E-state index contributed by atoms with van der Waals surface area (Å²) < 4.78 is 111. The first-order chi connectivity index (χ1) is 17.8. The largest absolute Gasteiger partial charge is 0.479 e. The minimum absolute atomic E-state index is 0.00446. The number of hydrogen-bond donors (Lipinski definition) is 3. The van der Waals surface area contributed by atoms with Gasteiger partial charge in [-0.05, 0) is 49.5 Å². The van der Waals surface area contributed by atoms with Gasteiger partial charge >= 0.3 is 12.4 Å². The summed E-state index contributed by atoms with van der Waals surface area (Å²) in [5.74, 6) is 0.728. The summed E-state index contributed by atoms with van der Waals surface area (Å²) in [6, 6.07) is 2.09. The van der Waals surface area contributed by atoms with Crippen molar-refractivity contribution in [3.05, 3.63) is 48.0 Å². The van der Waals surface area contributed by atoms with E-state index in [4.69, 9.17) is 4.74 Å². The van der Waals surface area contributed by atoms with Gasteiger partial charge in [0, 0.05) is 33.1 Å². The number of carbonyl (C=O) groups is 1. The molecule has 0 aliphatic heterocycles. The van der Waals surface area contributed by atoms with Gasteiger partial charge in [0.05, 0.1) is 11.2 Å². The molecule has 1 aromatic heterocycles. The second-order valence-corrected chi connectivity index (χ2v) is 10.8. The van der Waals surface area contributed by atoms with E-state index < -0.39 is 51.7 Å². The molecule has 0 bridgehead atoms. The Kier molecular flexibility index (Phi) is 8.19. The Morgan fingerprint density at radius 3 is 2.31 bits per heavy atom. The maximum Gasteiger partial charge on any atom is 0.417 e. The van der Waals surface area contributed by atoms with Crippen molar-refractivity contribution in [2.24, 2.45) is 0 Å². The van der Waals surface area contributed by atoms with E-state index in [2.05, 4.69) is 25.9 Å². The summed E-state index contributed by atoms with van der Waals surface area (Å²) in [6.07, 6.45) is -10.9. The summed E-state index contributed by atoms with van der Waals surface area (Å²) in [6.45, 7) is 2.61. The lowest BCUT2D eigenvalue weighted by Gasteiger charge is -2.25. The molecule has 16 heteroatoms. The Morgan fingerprint density at radius 1 is 1.08 bits per heavy atom. The molecular formula is C23H22F7N5O3S. The van der Waals surface area contributed by atoms with Crippen LogP contribution < -0.4 is 20.1 Å². The second-order valence-electron chi connectivity index (χ2n) is 8.57. The molecule has 2 unspecified atom stereocenters. The van der Waals surface area contributed by atoms with Crippen LogP contribution in [0, 0.1) is 12.7 Å². The summed E-state index contributed by atoms with van der Waals surface area (Å²) in [5.41, 5.74) is 1.48. The van der Waals surface area contributed by atoms with Crippen molar-refractivity contribution in [2.45, 2.75) is 38.3 Å². The second kappa shape index (κ2) is 10.7. The van der Waals surface area contributed by atoms with Crippen molar-refractivity contribution in [1.82, 2.24) is 15.3 Å². The van der Waals surface area contributed by atoms with Crippen LogP contribution in [0.3, 0.4) is 0 Å². The molecule has 2 aromatic carbocycles. The van der Waals surface area contributed by atoms with Crippen molar-refractivity contribution < 1.29 is 44.5 Å². The maximum atomic E-state index is 14.0. The van der Waals surface area contributed by atoms with Crippen molar-refractivity contribution in [2.75, 3.05) is 16.3 Å². The predicted octanol–water partition coefficient (Wildman–Crippen LogP) is 4.87. The van der Waals surface area contributed by atoms with Crippen LogP contribution in [-0.4, -0.2) is 56.7 Å². The van der Waals surface area contributed by atoms with Gasteiger partial charge in [-0.15, -0.1) is 0 Å². The fourth-order valence-electron chi connectivity index (χ4n) is 3.47. The number of carbonyl (C=O) groups excluding carboxylic acids is 1. The normalized spacial score (nSPS) is 14.5. The summed E-state index contributed by atoms with van der Waals surface area (Å²) >= 11 is 0. The monoisotopic (exact) mass is 581 g/mol. The third-order valence-corrected chi connectivity index (χ3v) is 5.75. The fraction of sp³-hybridized carbons (Fsp3) is 0.304. The van der Waals surface area contributed by atoms with E-state index in [1.165, 1.54) is 18.6 Å². The number of alkyl halides is 6. The zero-order chi connectivity index (χ0) is 29.3. The Labute approximate surface area is 218 Å². The van der Waals surface area contributed by atoms with Crippen LogP contribution in [0.2, 0.25) is 0 Å². The number of nitrogens with zero attached hydrogens (tertiary/aromatic N) is 2. The predicted molar refractivity (Wildman–Crippen MR) is 133 cm³/mol. The van der Waals surface area contributed by atoms with Crippen LogP contribution in [0.15, 0.2) is 36.7 Å². The molecule has 1 heterocycles. The van der Waals surface area contributed by atoms with Crippen LogP contribution in [0.25, 0.3) is 10.9 Å². The Balaban J connectivity index is 1.91. The average Bonchev–Trinajstić information content (AvgIpc) is 2.76. The number of ether oxygens (including phenoxy) is 1. The minimum Gasteiger partial charge on any atom is -0.479 e. The standard InChI is InChI=1S/C23H22F7N5O3S/c1-11-7-14(35-39(3,4)37)9-16-18(11)19(32-10-31-16)33-15-6-5-13(24)8-17(15)38-12(2)20(36)34-21(22(25,26)27)23(28,29)30/h5-10,12,21H,3H2,1-2,4H3,(H,34,36)(H,35,37)(H,31,32,33). The van der Waals surface area contributed by atoms with Gasteiger partial charge in [0.25, 0.3) is 5.91 Å². The fourth-order valence-corrected chi connectivity index (χ4v) is 4.09. The minimum atomic E-state index is -5.80. The summed E-state index contributed by atoms with van der Waals surface area (Å²) in [4.78, 5) is 20.5. The van der Waals surface area contributed by atoms with Gasteiger partial charge in [-0.1, -0.05) is 0 Å². The maximum absolute atomic E-state index is 14.0. The highest BCUT2D eigenvalue weighted by molar-refractivity contribution is 8.00. The number of amides is 1. The molecular weight excluding hydrogens is 559 g/mol. The van der Waals surface area contributed by atoms with E-state index in [9.17, 15) is 39.7 Å². The smallest absolute Gasteiger partial charge is 0.417 e. The third kappa shape index (κ3) is 7.61. The van der Waals surface area contributed by atoms with Crippen molar-refractivity contribution in [1.29, 1.82) is 0 Å². The van der Waals surface area contributed by atoms with E-state index in [0.717, 1.165) is 24.4 Å². The van der Waals surface area contributed by atoms with Crippen LogP contribution in [-0.2, 0) is 14.5 Å². The first-order valence-electron chi connectivity index (χ1n) is 10.9. The molecule has 3 rings (SSSR count). The van der Waals surface area contributed by atoms with E-state index in [1.54, 1.807) is 19.1 Å². The van der Waals surface area contributed by atoms with Gasteiger partial charge in [-0.25, -0.2) is 18.6 Å². The zero-order valence-corrected chi connectivity index (χ0v) is 21.3. The molecule has 3 aromatic rings. The number of aryl methyl sites for hydroxylation is 1. The number of anilines is 3. The topological polar surface area (TPSA) is 105 Å². The first kappa shape index (κ1) is 29.7. The van der Waals surface area contributed by atoms with E-state index in [-0.39, 0.29) is 11.5 Å². The summed E-state index contributed by atoms with van der Waals surface area (Å²) in [7, 11) is -2.59. The number of aromatic nitrogens is 2. The van der Waals surface area contributed by atoms with Crippen LogP contribution >= 0.6 is 0 Å². The molecule has 0 saturated heterocycles. The lowest BCUT2D eigenvalue weighted by Crippen LogP contribution is -2.56. The van der Waals surface area contributed by atoms with Crippen molar-refractivity contribution in [3.63, 3.8) is 0 Å². The van der Waals surface area contributed by atoms with Gasteiger partial charge in [0.1, 0.15) is 23.7 Å². The molecule has 0 radical (unpaired) electrons. The first-order valence-corrected chi connectivity index (χ1v) is 13.0. The Bertz CT molecular complexity index is 1480. The van der Waals surface area contributed by atoms with E-state index in [1.807, 2.05) is 0 Å². The highest BCUT2D eigenvalue weighted by Gasteiger charge is 2.57. The molecule has 212 valence electrons. The van der Waals surface area contributed by atoms with Crippen LogP contribution in [0.1, 0.15) is 12.5 Å². The highest BCUT2D eigenvalue weighted by atomic mass is 32.2. The molecule has 0 fully saturated rings. The van der Waals surface area contributed by atoms with Crippen LogP contribution in [0.5, 0.6) is 5.75 Å². The number of hydrogen-bond acceptors (Lipinski definition) is 6. The number of rotatable bonds is 8. The van der Waals surface area contributed by atoms with Gasteiger partial charge in [-0.2, -0.15) is 26.3 Å². The number of halogens is 7. The molecule has 1 amide bonds. The van der Waals surface area contributed by atoms with Gasteiger partial charge in [0.15, 0.2) is 6.10 Å². The molecule has 39 heavy (non-hydrogen) atoms. The third-order valence-electron chi connectivity index (χ3n) is 5.08. The molecule has 8 nitrogen and oxygen atoms in total. The SMILES string of the molecule is C=S(C)(=O)Nc1cc(C)c2c(Nc3ccc(F)cc3OC(C)C(=O)NC(C(F)(F)F)C(F)(F)F)ncnc2c1. The molecule has 0 aliphatic rings. The highest BCUT2D eigenvalue weighted by Crippen LogP contribution is 2.35. The molecule has 2 atom stereocenters. The van der Waals surface area contributed by atoms with Gasteiger partial charge in [-0.3, -0.25) is 4.79 Å². The molecule has 0 aliphatic carbocycles. The quantitative estimate of drug-likeness (QED) is 0.259. The van der Waals surface area contributed by atoms with Gasteiger partial charge < -0.3 is 20.1 Å². The van der Waals surface area contributed by atoms with Gasteiger partial charge in [0.2, 0.25) is 6.04 Å². The molecule has 0 spiro atoms. The molecule has 3 N–H and O–H groups in total. The lowest BCUT2D eigenvalue weighted by atomic mass is 10.1. The lowest BCUT2D eigenvalue weighted by molar-refractivity contribution is -0.258. The van der Waals surface area contributed by atoms with E-state index >= 15 is 0 Å². The number of fused-ring (bicyclic) bond motifs is 1. The zero-order valence-electron chi connectivity index (χ0n) is 20.5. The Hall–Kier alpha value is -3.82. The number of benzene rings is 2. The van der Waals surface area contributed by atoms with Crippen molar-refractivity contribution >= 4 is 49.6 Å². The van der Waals surface area contributed by atoms with Crippen LogP contribution in [0.4, 0.5) is 47.9 Å².